The summed E-state index contributed by atoms with van der Waals surface area (Å²) in [4.78, 5) is 0. The number of nitrogens with zero attached hydrogens (tertiary/aromatic N) is 2. The molecule has 0 aliphatic carbocycles. The lowest BCUT2D eigenvalue weighted by atomic mass is 10.0. The second-order valence-corrected chi connectivity index (χ2v) is 5.46. The van der Waals surface area contributed by atoms with Crippen molar-refractivity contribution in [2.75, 3.05) is 0 Å². The number of hydrogen-bond acceptors (Lipinski definition) is 2. The first-order valence-corrected chi connectivity index (χ1v) is 6.99. The SMILES string of the molecule is Cn1nccc1CCC(N)Cc1c(Cl)cccc1Cl. The third-order valence-corrected chi connectivity index (χ3v) is 3.93. The molecule has 102 valence electrons. The lowest BCUT2D eigenvalue weighted by Crippen LogP contribution is -2.24. The van der Waals surface area contributed by atoms with Gasteiger partial charge in [-0.05, 0) is 43.0 Å². The fraction of sp³-hybridized carbons (Fsp3) is 0.357. The first kappa shape index (κ1) is 14.4. The van der Waals surface area contributed by atoms with E-state index in [1.807, 2.05) is 36.0 Å². The Kier molecular flexibility index (Phi) is 4.86. The van der Waals surface area contributed by atoms with Crippen molar-refractivity contribution >= 4 is 23.2 Å². The molecule has 0 saturated carbocycles. The standard InChI is InChI=1S/C14H17Cl2N3/c1-19-11(7-8-18-19)6-5-10(17)9-12-13(15)3-2-4-14(12)16/h2-4,7-8,10H,5-6,9,17H2,1H3. The molecule has 19 heavy (non-hydrogen) atoms. The zero-order chi connectivity index (χ0) is 13.8. The quantitative estimate of drug-likeness (QED) is 0.921. The van der Waals surface area contributed by atoms with Crippen LogP contribution >= 0.6 is 23.2 Å². The van der Waals surface area contributed by atoms with E-state index in [2.05, 4.69) is 5.10 Å². The van der Waals surface area contributed by atoms with Crippen LogP contribution in [0.1, 0.15) is 17.7 Å². The molecular weight excluding hydrogens is 281 g/mol. The molecule has 0 radical (unpaired) electrons. The van der Waals surface area contributed by atoms with Gasteiger partial charge in [-0.25, -0.2) is 0 Å². The Morgan fingerprint density at radius 3 is 2.53 bits per heavy atom. The molecular formula is C14H17Cl2N3. The second-order valence-electron chi connectivity index (χ2n) is 4.65. The molecule has 0 amide bonds. The molecule has 0 aliphatic heterocycles. The fourth-order valence-electron chi connectivity index (χ4n) is 2.07. The fourth-order valence-corrected chi connectivity index (χ4v) is 2.62. The van der Waals surface area contributed by atoms with Crippen LogP contribution in [0, 0.1) is 0 Å². The van der Waals surface area contributed by atoms with Crippen molar-refractivity contribution in [1.82, 2.24) is 9.78 Å². The van der Waals surface area contributed by atoms with Crippen molar-refractivity contribution in [3.05, 3.63) is 51.8 Å². The topological polar surface area (TPSA) is 43.8 Å². The zero-order valence-electron chi connectivity index (χ0n) is 10.8. The van der Waals surface area contributed by atoms with E-state index in [9.17, 15) is 0 Å². The minimum absolute atomic E-state index is 0.0345. The highest BCUT2D eigenvalue weighted by atomic mass is 35.5. The molecule has 1 heterocycles. The van der Waals surface area contributed by atoms with Crippen molar-refractivity contribution in [2.24, 2.45) is 12.8 Å². The first-order chi connectivity index (χ1) is 9.08. The maximum absolute atomic E-state index is 6.16. The smallest absolute Gasteiger partial charge is 0.0492 e. The van der Waals surface area contributed by atoms with Gasteiger partial charge in [0.25, 0.3) is 0 Å². The lowest BCUT2D eigenvalue weighted by molar-refractivity contribution is 0.586. The summed E-state index contributed by atoms with van der Waals surface area (Å²) in [6, 6.07) is 7.57. The van der Waals surface area contributed by atoms with Gasteiger partial charge >= 0.3 is 0 Å². The molecule has 0 saturated heterocycles. The van der Waals surface area contributed by atoms with Crippen LogP contribution in [0.2, 0.25) is 10.0 Å². The van der Waals surface area contributed by atoms with Crippen LogP contribution in [0.3, 0.4) is 0 Å². The maximum Gasteiger partial charge on any atom is 0.0492 e. The third kappa shape index (κ3) is 3.72. The molecule has 0 fully saturated rings. The van der Waals surface area contributed by atoms with E-state index in [1.54, 1.807) is 6.20 Å². The van der Waals surface area contributed by atoms with Gasteiger partial charge in [-0.1, -0.05) is 29.3 Å². The highest BCUT2D eigenvalue weighted by Crippen LogP contribution is 2.25. The van der Waals surface area contributed by atoms with E-state index in [4.69, 9.17) is 28.9 Å². The number of nitrogens with two attached hydrogens (primary N) is 1. The minimum Gasteiger partial charge on any atom is -0.327 e. The van der Waals surface area contributed by atoms with Crippen LogP contribution in [0.4, 0.5) is 0 Å². The Hall–Kier alpha value is -1.03. The summed E-state index contributed by atoms with van der Waals surface area (Å²) < 4.78 is 1.87. The predicted molar refractivity (Wildman–Crippen MR) is 79.7 cm³/mol. The summed E-state index contributed by atoms with van der Waals surface area (Å²) in [6.07, 6.45) is 4.27. The summed E-state index contributed by atoms with van der Waals surface area (Å²) >= 11 is 12.3. The molecule has 2 N–H and O–H groups in total. The molecule has 1 unspecified atom stereocenters. The number of aromatic nitrogens is 2. The van der Waals surface area contributed by atoms with Gasteiger partial charge < -0.3 is 5.73 Å². The summed E-state index contributed by atoms with van der Waals surface area (Å²) in [5.41, 5.74) is 8.28. The maximum atomic E-state index is 6.16. The molecule has 2 rings (SSSR count). The first-order valence-electron chi connectivity index (χ1n) is 6.23. The summed E-state index contributed by atoms with van der Waals surface area (Å²) in [5, 5.41) is 5.51. The van der Waals surface area contributed by atoms with Crippen LogP contribution in [-0.4, -0.2) is 15.8 Å². The van der Waals surface area contributed by atoms with Crippen LogP contribution in [0.5, 0.6) is 0 Å². The van der Waals surface area contributed by atoms with Gasteiger partial charge in [-0.2, -0.15) is 5.10 Å². The van der Waals surface area contributed by atoms with Gasteiger partial charge in [0.05, 0.1) is 0 Å². The molecule has 2 aromatic rings. The number of aryl methyl sites for hydroxylation is 2. The average Bonchev–Trinajstić information content (AvgIpc) is 2.77. The molecule has 5 heteroatoms. The molecule has 1 atom stereocenters. The number of hydrogen-bond donors (Lipinski definition) is 1. The van der Waals surface area contributed by atoms with Crippen LogP contribution in [0.15, 0.2) is 30.5 Å². The van der Waals surface area contributed by atoms with Crippen molar-refractivity contribution in [2.45, 2.75) is 25.3 Å². The van der Waals surface area contributed by atoms with E-state index >= 15 is 0 Å². The molecule has 0 aliphatic rings. The van der Waals surface area contributed by atoms with Crippen LogP contribution < -0.4 is 5.73 Å². The Balaban J connectivity index is 1.94. The van der Waals surface area contributed by atoms with Gasteiger partial charge in [-0.3, -0.25) is 4.68 Å². The van der Waals surface area contributed by atoms with Crippen molar-refractivity contribution < 1.29 is 0 Å². The largest absolute Gasteiger partial charge is 0.327 e. The number of halogens is 2. The monoisotopic (exact) mass is 297 g/mol. The third-order valence-electron chi connectivity index (χ3n) is 3.22. The molecule has 0 spiro atoms. The van der Waals surface area contributed by atoms with Crippen LogP contribution in [0.25, 0.3) is 0 Å². The summed E-state index contributed by atoms with van der Waals surface area (Å²) in [6.45, 7) is 0. The normalized spacial score (nSPS) is 12.6. The number of benzene rings is 1. The summed E-state index contributed by atoms with van der Waals surface area (Å²) in [7, 11) is 1.94. The molecule has 0 bridgehead atoms. The zero-order valence-corrected chi connectivity index (χ0v) is 12.3. The average molecular weight is 298 g/mol. The van der Waals surface area contributed by atoms with Crippen LogP contribution in [-0.2, 0) is 19.9 Å². The number of rotatable bonds is 5. The molecule has 3 nitrogen and oxygen atoms in total. The Bertz CT molecular complexity index is 531. The van der Waals surface area contributed by atoms with Crippen molar-refractivity contribution in [3.63, 3.8) is 0 Å². The van der Waals surface area contributed by atoms with E-state index in [0.29, 0.717) is 16.5 Å². The van der Waals surface area contributed by atoms with Crippen molar-refractivity contribution in [3.8, 4) is 0 Å². The second kappa shape index (κ2) is 6.42. The predicted octanol–water partition coefficient (Wildman–Crippen LogP) is 3.23. The summed E-state index contributed by atoms with van der Waals surface area (Å²) in [5.74, 6) is 0. The minimum atomic E-state index is 0.0345. The van der Waals surface area contributed by atoms with E-state index in [0.717, 1.165) is 18.4 Å². The lowest BCUT2D eigenvalue weighted by Gasteiger charge is -2.14. The van der Waals surface area contributed by atoms with Gasteiger partial charge in [0, 0.05) is 35.0 Å². The Morgan fingerprint density at radius 2 is 1.95 bits per heavy atom. The highest BCUT2D eigenvalue weighted by Gasteiger charge is 2.11. The van der Waals surface area contributed by atoms with Gasteiger partial charge in [0.1, 0.15) is 0 Å². The van der Waals surface area contributed by atoms with E-state index in [-0.39, 0.29) is 6.04 Å². The van der Waals surface area contributed by atoms with E-state index in [1.165, 1.54) is 5.69 Å². The molecule has 1 aromatic carbocycles. The highest BCUT2D eigenvalue weighted by molar-refractivity contribution is 6.35. The Morgan fingerprint density at radius 1 is 1.26 bits per heavy atom. The van der Waals surface area contributed by atoms with Gasteiger partial charge in [0.15, 0.2) is 0 Å². The van der Waals surface area contributed by atoms with Gasteiger partial charge in [-0.15, -0.1) is 0 Å². The Labute approximate surface area is 123 Å². The molecule has 1 aromatic heterocycles. The van der Waals surface area contributed by atoms with E-state index < -0.39 is 0 Å². The van der Waals surface area contributed by atoms with Crippen molar-refractivity contribution in [1.29, 1.82) is 0 Å². The van der Waals surface area contributed by atoms with Gasteiger partial charge in [0.2, 0.25) is 0 Å².